The Morgan fingerprint density at radius 1 is 1.18 bits per heavy atom. The van der Waals surface area contributed by atoms with Gasteiger partial charge in [-0.2, -0.15) is 0 Å². The molecule has 0 spiro atoms. The highest BCUT2D eigenvalue weighted by molar-refractivity contribution is 5.95. The van der Waals surface area contributed by atoms with Gasteiger partial charge >= 0.3 is 0 Å². The number of aromatic nitrogens is 1. The summed E-state index contributed by atoms with van der Waals surface area (Å²) in [6, 6.07) is 10.9. The van der Waals surface area contributed by atoms with Crippen LogP contribution >= 0.6 is 0 Å². The first-order valence-electron chi connectivity index (χ1n) is 7.13. The number of hydrogen-bond acceptors (Lipinski definition) is 2. The smallest absolute Gasteiger partial charge is 0.247 e. The first kappa shape index (κ1) is 14.1. The average Bonchev–Trinajstić information content (AvgIpc) is 3.04. The van der Waals surface area contributed by atoms with Gasteiger partial charge in [0.15, 0.2) is 0 Å². The number of carbonyl (C=O) groups is 2. The quantitative estimate of drug-likeness (QED) is 0.841. The molecule has 0 aliphatic carbocycles. The number of H-pyrrole nitrogens is 1. The van der Waals surface area contributed by atoms with Crippen LogP contribution in [-0.4, -0.2) is 27.7 Å². The van der Waals surface area contributed by atoms with Crippen molar-refractivity contribution in [1.29, 1.82) is 0 Å². The molecule has 2 amide bonds. The minimum Gasteiger partial charge on any atom is -0.368 e. The largest absolute Gasteiger partial charge is 0.368 e. The molecule has 0 bridgehead atoms. The number of fused-ring (bicyclic) bond motifs is 1. The molecule has 1 aliphatic heterocycles. The van der Waals surface area contributed by atoms with Gasteiger partial charge < -0.3 is 15.6 Å². The first-order chi connectivity index (χ1) is 10.6. The van der Waals surface area contributed by atoms with Gasteiger partial charge in [-0.05, 0) is 29.3 Å². The number of primary amides is 1. The summed E-state index contributed by atoms with van der Waals surface area (Å²) in [4.78, 5) is 28.7. The number of rotatable bonds is 3. The van der Waals surface area contributed by atoms with E-state index in [4.69, 9.17) is 5.73 Å². The molecule has 1 aliphatic rings. The van der Waals surface area contributed by atoms with Gasteiger partial charge in [0.25, 0.3) is 0 Å². The summed E-state index contributed by atoms with van der Waals surface area (Å²) < 4.78 is 0. The van der Waals surface area contributed by atoms with Crippen LogP contribution in [0.2, 0.25) is 0 Å². The van der Waals surface area contributed by atoms with Crippen molar-refractivity contribution in [2.45, 2.75) is 19.0 Å². The van der Waals surface area contributed by atoms with Crippen LogP contribution in [-0.2, 0) is 22.6 Å². The Balaban J connectivity index is 1.84. The normalized spacial score (nSPS) is 17.5. The van der Waals surface area contributed by atoms with Gasteiger partial charge in [0.05, 0.1) is 0 Å². The Morgan fingerprint density at radius 3 is 2.64 bits per heavy atom. The third-order valence-corrected chi connectivity index (χ3v) is 3.89. The second kappa shape index (κ2) is 5.89. The molecule has 0 fully saturated rings. The number of hydrogen-bond donors (Lipinski definition) is 2. The Kier molecular flexibility index (Phi) is 3.78. The molecular formula is C17H17N3O2. The van der Waals surface area contributed by atoms with Crippen LogP contribution in [0.1, 0.15) is 16.8 Å². The molecule has 1 aromatic heterocycles. The molecule has 3 rings (SSSR count). The van der Waals surface area contributed by atoms with Crippen LogP contribution in [0, 0.1) is 0 Å². The van der Waals surface area contributed by atoms with E-state index in [1.807, 2.05) is 36.4 Å². The minimum absolute atomic E-state index is 0.215. The molecule has 0 unspecified atom stereocenters. The first-order valence-corrected chi connectivity index (χ1v) is 7.13. The SMILES string of the molecule is NC(=O)[C@@H]1Cc2ccccc2CN1C(=O)/C=C/c1ccc[nH]1. The zero-order chi connectivity index (χ0) is 15.5. The summed E-state index contributed by atoms with van der Waals surface area (Å²) in [5.74, 6) is -0.691. The number of nitrogens with zero attached hydrogens (tertiary/aromatic N) is 1. The van der Waals surface area contributed by atoms with Crippen LogP contribution in [0.25, 0.3) is 6.08 Å². The maximum Gasteiger partial charge on any atom is 0.247 e. The highest BCUT2D eigenvalue weighted by atomic mass is 16.2. The lowest BCUT2D eigenvalue weighted by molar-refractivity contribution is -0.136. The molecule has 22 heavy (non-hydrogen) atoms. The average molecular weight is 295 g/mol. The van der Waals surface area contributed by atoms with Crippen molar-refractivity contribution in [2.75, 3.05) is 0 Å². The Labute approximate surface area is 128 Å². The molecule has 5 nitrogen and oxygen atoms in total. The molecule has 112 valence electrons. The Morgan fingerprint density at radius 2 is 1.95 bits per heavy atom. The summed E-state index contributed by atoms with van der Waals surface area (Å²) in [5.41, 5.74) is 8.44. The summed E-state index contributed by atoms with van der Waals surface area (Å²) >= 11 is 0. The molecule has 0 saturated carbocycles. The summed E-state index contributed by atoms with van der Waals surface area (Å²) in [7, 11) is 0. The molecule has 0 radical (unpaired) electrons. The fourth-order valence-corrected chi connectivity index (χ4v) is 2.71. The Hall–Kier alpha value is -2.82. The van der Waals surface area contributed by atoms with Crippen LogP contribution in [0.15, 0.2) is 48.7 Å². The van der Waals surface area contributed by atoms with Crippen molar-refractivity contribution in [3.05, 3.63) is 65.5 Å². The summed E-state index contributed by atoms with van der Waals surface area (Å²) in [5, 5.41) is 0. The second-order valence-corrected chi connectivity index (χ2v) is 5.32. The third-order valence-electron chi connectivity index (χ3n) is 3.89. The van der Waals surface area contributed by atoms with E-state index in [2.05, 4.69) is 4.98 Å². The van der Waals surface area contributed by atoms with Crippen molar-refractivity contribution in [3.8, 4) is 0 Å². The van der Waals surface area contributed by atoms with E-state index in [0.717, 1.165) is 16.8 Å². The van der Waals surface area contributed by atoms with Crippen molar-refractivity contribution in [3.63, 3.8) is 0 Å². The van der Waals surface area contributed by atoms with E-state index in [1.165, 1.54) is 11.0 Å². The number of carbonyl (C=O) groups excluding carboxylic acids is 2. The fraction of sp³-hybridized carbons (Fsp3) is 0.176. The zero-order valence-corrected chi connectivity index (χ0v) is 12.0. The Bertz CT molecular complexity index is 719. The van der Waals surface area contributed by atoms with Crippen molar-refractivity contribution in [1.82, 2.24) is 9.88 Å². The lowest BCUT2D eigenvalue weighted by Crippen LogP contribution is -2.50. The lowest BCUT2D eigenvalue weighted by Gasteiger charge is -2.34. The molecule has 0 saturated heterocycles. The predicted molar refractivity (Wildman–Crippen MR) is 83.5 cm³/mol. The molecule has 1 aromatic carbocycles. The van der Waals surface area contributed by atoms with Crippen LogP contribution in [0.3, 0.4) is 0 Å². The highest BCUT2D eigenvalue weighted by Gasteiger charge is 2.32. The lowest BCUT2D eigenvalue weighted by atomic mass is 9.93. The van der Waals surface area contributed by atoms with Gasteiger partial charge in [0.2, 0.25) is 11.8 Å². The van der Waals surface area contributed by atoms with E-state index >= 15 is 0 Å². The van der Waals surface area contributed by atoms with E-state index < -0.39 is 11.9 Å². The van der Waals surface area contributed by atoms with Crippen molar-refractivity contribution < 1.29 is 9.59 Å². The molecular weight excluding hydrogens is 278 g/mol. The van der Waals surface area contributed by atoms with Crippen LogP contribution in [0.4, 0.5) is 0 Å². The standard InChI is InChI=1S/C17H17N3O2/c18-17(22)15-10-12-4-1-2-5-13(12)11-20(15)16(21)8-7-14-6-3-9-19-14/h1-9,15,19H,10-11H2,(H2,18,22)/b8-7+/t15-/m0/s1. The topological polar surface area (TPSA) is 79.2 Å². The second-order valence-electron chi connectivity index (χ2n) is 5.32. The van der Waals surface area contributed by atoms with Crippen LogP contribution < -0.4 is 5.73 Å². The van der Waals surface area contributed by atoms with Gasteiger partial charge in [-0.25, -0.2) is 0 Å². The number of benzene rings is 1. The van der Waals surface area contributed by atoms with E-state index in [9.17, 15) is 9.59 Å². The van der Waals surface area contributed by atoms with E-state index in [0.29, 0.717) is 13.0 Å². The fourth-order valence-electron chi connectivity index (χ4n) is 2.71. The van der Waals surface area contributed by atoms with Crippen molar-refractivity contribution >= 4 is 17.9 Å². The zero-order valence-electron chi connectivity index (χ0n) is 12.0. The predicted octanol–water partition coefficient (Wildman–Crippen LogP) is 1.47. The molecule has 1 atom stereocenters. The molecule has 3 N–H and O–H groups in total. The monoisotopic (exact) mass is 295 g/mol. The van der Waals surface area contributed by atoms with Gasteiger partial charge in [-0.3, -0.25) is 9.59 Å². The maximum absolute atomic E-state index is 12.4. The van der Waals surface area contributed by atoms with Gasteiger partial charge in [0, 0.05) is 30.9 Å². The van der Waals surface area contributed by atoms with E-state index in [1.54, 1.807) is 12.3 Å². The molecule has 5 heteroatoms. The van der Waals surface area contributed by atoms with Crippen LogP contribution in [0.5, 0.6) is 0 Å². The summed E-state index contributed by atoms with van der Waals surface area (Å²) in [6.07, 6.45) is 5.41. The summed E-state index contributed by atoms with van der Waals surface area (Å²) in [6.45, 7) is 0.400. The minimum atomic E-state index is -0.601. The van der Waals surface area contributed by atoms with Gasteiger partial charge in [-0.1, -0.05) is 24.3 Å². The van der Waals surface area contributed by atoms with Gasteiger partial charge in [0.1, 0.15) is 6.04 Å². The maximum atomic E-state index is 12.4. The third kappa shape index (κ3) is 2.79. The number of aromatic amines is 1. The number of amides is 2. The molecule has 2 aromatic rings. The molecule has 2 heterocycles. The van der Waals surface area contributed by atoms with E-state index in [-0.39, 0.29) is 5.91 Å². The van der Waals surface area contributed by atoms with Crippen molar-refractivity contribution in [2.24, 2.45) is 5.73 Å². The number of nitrogens with one attached hydrogen (secondary N) is 1. The highest BCUT2D eigenvalue weighted by Crippen LogP contribution is 2.23. The number of nitrogens with two attached hydrogens (primary N) is 1. The van der Waals surface area contributed by atoms with Gasteiger partial charge in [-0.15, -0.1) is 0 Å².